The van der Waals surface area contributed by atoms with E-state index < -0.39 is 54.4 Å². The number of benzene rings is 3. The number of esters is 1. The molecule has 3 N–H and O–H groups in total. The van der Waals surface area contributed by atoms with Crippen LogP contribution in [-0.4, -0.2) is 45.5 Å². The zero-order chi connectivity index (χ0) is 35.2. The highest BCUT2D eigenvalue weighted by Crippen LogP contribution is 2.23. The third-order valence-electron chi connectivity index (χ3n) is 7.62. The van der Waals surface area contributed by atoms with Gasteiger partial charge in [-0.2, -0.15) is 8.78 Å². The number of ether oxygens (including phenoxy) is 2. The summed E-state index contributed by atoms with van der Waals surface area (Å²) in [6.07, 6.45) is 0.719. The summed E-state index contributed by atoms with van der Waals surface area (Å²) < 4.78 is 41.7. The molecule has 4 aromatic rings. The second kappa shape index (κ2) is 17.6. The van der Waals surface area contributed by atoms with E-state index in [0.29, 0.717) is 21.9 Å². The summed E-state index contributed by atoms with van der Waals surface area (Å²) in [7, 11) is 0. The first-order chi connectivity index (χ1) is 23.5. The number of nitrogens with two attached hydrogens (primary N) is 1. The lowest BCUT2D eigenvalue weighted by Gasteiger charge is -2.29. The molecule has 0 aliphatic carbocycles. The SMILES string of the molecule is CC(CC(=O)OCc1ccccc1)[C@H](N)C(=O)NN(Cc1ccccc1)C(=O)C(F)(F)C(=O)CCc1ccc(OCc2ccccn2)cc1. The van der Waals surface area contributed by atoms with Gasteiger partial charge in [-0.3, -0.25) is 29.6 Å². The molecule has 2 amide bonds. The number of alkyl halides is 2. The molecular weight excluding hydrogens is 634 g/mol. The molecule has 1 unspecified atom stereocenters. The lowest BCUT2D eigenvalue weighted by Crippen LogP contribution is -2.58. The van der Waals surface area contributed by atoms with E-state index in [9.17, 15) is 19.2 Å². The van der Waals surface area contributed by atoms with Gasteiger partial charge in [0, 0.05) is 12.6 Å². The van der Waals surface area contributed by atoms with Crippen molar-refractivity contribution in [3.63, 3.8) is 0 Å². The predicted octanol–water partition coefficient (Wildman–Crippen LogP) is 4.95. The number of hydrazine groups is 1. The van der Waals surface area contributed by atoms with Crippen molar-refractivity contribution in [2.45, 2.75) is 57.9 Å². The molecule has 3 aromatic carbocycles. The number of nitrogens with zero attached hydrogens (tertiary/aromatic N) is 2. The van der Waals surface area contributed by atoms with Gasteiger partial charge in [-0.05, 0) is 53.3 Å². The van der Waals surface area contributed by atoms with Crippen molar-refractivity contribution in [3.05, 3.63) is 132 Å². The van der Waals surface area contributed by atoms with Gasteiger partial charge in [-0.25, -0.2) is 5.01 Å². The molecule has 0 aliphatic rings. The molecule has 12 heteroatoms. The van der Waals surface area contributed by atoms with Crippen molar-refractivity contribution in [2.75, 3.05) is 0 Å². The van der Waals surface area contributed by atoms with Gasteiger partial charge in [-0.15, -0.1) is 0 Å². The van der Waals surface area contributed by atoms with E-state index in [4.69, 9.17) is 15.2 Å². The number of nitrogens with one attached hydrogen (secondary N) is 1. The number of aromatic nitrogens is 1. The van der Waals surface area contributed by atoms with Crippen LogP contribution in [0, 0.1) is 5.92 Å². The minimum atomic E-state index is -4.45. The molecular formula is C37H38F2N4O6. The Balaban J connectivity index is 1.35. The smallest absolute Gasteiger partial charge is 0.383 e. The summed E-state index contributed by atoms with van der Waals surface area (Å²) in [6.45, 7) is 1.33. The maximum atomic E-state index is 15.4. The molecule has 2 atom stereocenters. The van der Waals surface area contributed by atoms with Gasteiger partial charge in [0.05, 0.1) is 24.7 Å². The van der Waals surface area contributed by atoms with Gasteiger partial charge in [-0.1, -0.05) is 85.8 Å². The number of carbonyl (C=O) groups excluding carboxylic acids is 4. The first-order valence-corrected chi connectivity index (χ1v) is 15.7. The van der Waals surface area contributed by atoms with Gasteiger partial charge in [0.15, 0.2) is 0 Å². The molecule has 0 aliphatic heterocycles. The zero-order valence-corrected chi connectivity index (χ0v) is 27.0. The number of Topliss-reactive ketones (excluding diaryl/α,β-unsaturated/α-hetero) is 1. The minimum absolute atomic E-state index is 0.0304. The quantitative estimate of drug-likeness (QED) is 0.0968. The monoisotopic (exact) mass is 672 g/mol. The third-order valence-corrected chi connectivity index (χ3v) is 7.62. The molecule has 49 heavy (non-hydrogen) atoms. The fourth-order valence-electron chi connectivity index (χ4n) is 4.68. The van der Waals surface area contributed by atoms with Crippen LogP contribution < -0.4 is 15.9 Å². The van der Waals surface area contributed by atoms with Crippen LogP contribution in [-0.2, 0) is 50.1 Å². The van der Waals surface area contributed by atoms with Crippen molar-refractivity contribution < 1.29 is 37.4 Å². The van der Waals surface area contributed by atoms with Gasteiger partial charge < -0.3 is 15.2 Å². The van der Waals surface area contributed by atoms with E-state index in [2.05, 4.69) is 10.4 Å². The van der Waals surface area contributed by atoms with Crippen LogP contribution in [0.15, 0.2) is 109 Å². The van der Waals surface area contributed by atoms with Crippen molar-refractivity contribution in [1.82, 2.24) is 15.4 Å². The number of carbonyl (C=O) groups is 4. The Morgan fingerprint density at radius 2 is 1.47 bits per heavy atom. The molecule has 1 aromatic heterocycles. The number of rotatable bonds is 16. The largest absolute Gasteiger partial charge is 0.487 e. The third kappa shape index (κ3) is 11.0. The molecule has 4 rings (SSSR count). The lowest BCUT2D eigenvalue weighted by molar-refractivity contribution is -0.171. The summed E-state index contributed by atoms with van der Waals surface area (Å²) in [6, 6.07) is 27.8. The van der Waals surface area contributed by atoms with E-state index in [0.717, 1.165) is 11.3 Å². The predicted molar refractivity (Wildman–Crippen MR) is 176 cm³/mol. The van der Waals surface area contributed by atoms with Gasteiger partial charge >= 0.3 is 17.8 Å². The summed E-state index contributed by atoms with van der Waals surface area (Å²) in [5.74, 6) is -9.81. The average Bonchev–Trinajstić information content (AvgIpc) is 3.12. The standard InChI is InChI=1S/C37H38F2N4O6/c1-26(22-33(45)49-24-29-12-6-3-7-13-29)34(40)35(46)42-43(23-28-10-4-2-5-11-28)36(47)37(38,39)32(44)20-17-27-15-18-31(19-16-27)48-25-30-14-8-9-21-41-30/h2-16,18-19,21,26,34H,17,20,22-25,40H2,1H3,(H,42,46)/t26?,34-/m0/s1. The first kappa shape index (κ1) is 36.3. The maximum absolute atomic E-state index is 15.4. The van der Waals surface area contributed by atoms with Crippen molar-refractivity contribution >= 4 is 23.6 Å². The fourth-order valence-corrected chi connectivity index (χ4v) is 4.68. The summed E-state index contributed by atoms with van der Waals surface area (Å²) in [5, 5.41) is 0.392. The molecule has 0 bridgehead atoms. The zero-order valence-electron chi connectivity index (χ0n) is 27.0. The molecule has 256 valence electrons. The number of hydrogen-bond acceptors (Lipinski definition) is 8. The molecule has 0 saturated carbocycles. The average molecular weight is 673 g/mol. The van der Waals surface area contributed by atoms with Crippen molar-refractivity contribution in [1.29, 1.82) is 0 Å². The Kier molecular flexibility index (Phi) is 13.1. The highest BCUT2D eigenvalue weighted by Gasteiger charge is 2.49. The maximum Gasteiger partial charge on any atom is 0.383 e. The van der Waals surface area contributed by atoms with Crippen molar-refractivity contribution in [3.8, 4) is 5.75 Å². The van der Waals surface area contributed by atoms with Crippen LogP contribution in [0.25, 0.3) is 0 Å². The number of ketones is 1. The number of hydrogen-bond donors (Lipinski definition) is 2. The number of halogens is 2. The van der Waals surface area contributed by atoms with Gasteiger partial charge in [0.2, 0.25) is 5.78 Å². The first-order valence-electron chi connectivity index (χ1n) is 15.7. The Morgan fingerprint density at radius 1 is 0.837 bits per heavy atom. The summed E-state index contributed by atoms with van der Waals surface area (Å²) >= 11 is 0. The van der Waals surface area contributed by atoms with E-state index in [1.54, 1.807) is 91.1 Å². The van der Waals surface area contributed by atoms with Crippen LogP contribution in [0.1, 0.15) is 42.1 Å². The Bertz CT molecular complexity index is 1680. The Labute approximate surface area is 283 Å². The van der Waals surface area contributed by atoms with E-state index in [-0.39, 0.29) is 26.1 Å². The van der Waals surface area contributed by atoms with Gasteiger partial charge in [0.25, 0.3) is 5.91 Å². The van der Waals surface area contributed by atoms with Crippen LogP contribution >= 0.6 is 0 Å². The number of aryl methyl sites for hydroxylation is 1. The molecule has 0 saturated heterocycles. The summed E-state index contributed by atoms with van der Waals surface area (Å²) in [5.41, 5.74) is 10.7. The highest BCUT2D eigenvalue weighted by molar-refractivity contribution is 6.07. The normalized spacial score (nSPS) is 12.3. The molecule has 0 radical (unpaired) electrons. The van der Waals surface area contributed by atoms with Crippen LogP contribution in [0.2, 0.25) is 0 Å². The van der Waals surface area contributed by atoms with E-state index in [1.807, 2.05) is 18.2 Å². The number of amides is 2. The summed E-state index contributed by atoms with van der Waals surface area (Å²) in [4.78, 5) is 55.6. The Hall–Kier alpha value is -5.49. The second-order valence-corrected chi connectivity index (χ2v) is 11.5. The lowest BCUT2D eigenvalue weighted by atomic mass is 9.98. The second-order valence-electron chi connectivity index (χ2n) is 11.5. The molecule has 1 heterocycles. The fraction of sp³-hybridized carbons (Fsp3) is 0.270. The van der Waals surface area contributed by atoms with E-state index >= 15 is 8.78 Å². The topological polar surface area (TPSA) is 141 Å². The van der Waals surface area contributed by atoms with Gasteiger partial charge in [0.1, 0.15) is 19.0 Å². The van der Waals surface area contributed by atoms with Crippen LogP contribution in [0.4, 0.5) is 8.78 Å². The number of pyridine rings is 1. The molecule has 0 fully saturated rings. The van der Waals surface area contributed by atoms with Crippen LogP contribution in [0.3, 0.4) is 0 Å². The van der Waals surface area contributed by atoms with E-state index in [1.165, 1.54) is 6.92 Å². The molecule has 10 nitrogen and oxygen atoms in total. The van der Waals surface area contributed by atoms with Crippen LogP contribution in [0.5, 0.6) is 5.75 Å². The Morgan fingerprint density at radius 3 is 2.10 bits per heavy atom. The van der Waals surface area contributed by atoms with Crippen molar-refractivity contribution in [2.24, 2.45) is 11.7 Å². The minimum Gasteiger partial charge on any atom is -0.487 e. The molecule has 0 spiro atoms. The highest BCUT2D eigenvalue weighted by atomic mass is 19.3.